The zero-order valence-electron chi connectivity index (χ0n) is 12.9. The topological polar surface area (TPSA) is 31.4 Å². The van der Waals surface area contributed by atoms with Gasteiger partial charge >= 0.3 is 0 Å². The number of methoxy groups -OCH3 is 1. The maximum absolute atomic E-state index is 6.01. The van der Waals surface area contributed by atoms with Gasteiger partial charge in [0.2, 0.25) is 0 Å². The van der Waals surface area contributed by atoms with Gasteiger partial charge in [0.25, 0.3) is 0 Å². The van der Waals surface area contributed by atoms with Gasteiger partial charge in [-0.15, -0.1) is 0 Å². The molecule has 0 aliphatic carbocycles. The van der Waals surface area contributed by atoms with Crippen LogP contribution in [-0.4, -0.2) is 18.7 Å². The Balaban J connectivity index is 1.82. The molecule has 0 aliphatic heterocycles. The van der Waals surface area contributed by atoms with E-state index in [4.69, 9.17) is 9.47 Å². The Hall–Kier alpha value is -2.55. The van der Waals surface area contributed by atoms with Crippen LogP contribution in [0, 0.1) is 6.92 Å². The quantitative estimate of drug-likeness (QED) is 0.707. The molecule has 0 aliphatic rings. The second kappa shape index (κ2) is 6.48. The normalized spacial score (nSPS) is 10.6. The molecule has 3 aromatic rings. The van der Waals surface area contributed by atoms with Crippen LogP contribution in [0.2, 0.25) is 0 Å². The third-order valence-corrected chi connectivity index (χ3v) is 3.60. The summed E-state index contributed by atoms with van der Waals surface area (Å²) in [4.78, 5) is 4.54. The van der Waals surface area contributed by atoms with Crippen LogP contribution in [0.15, 0.2) is 54.6 Å². The molecule has 3 rings (SSSR count). The minimum atomic E-state index is 0.639. The third kappa shape index (κ3) is 3.19. The number of hydrogen-bond acceptors (Lipinski definition) is 3. The number of hydrogen-bond donors (Lipinski definition) is 0. The van der Waals surface area contributed by atoms with E-state index in [2.05, 4.69) is 17.1 Å². The lowest BCUT2D eigenvalue weighted by Crippen LogP contribution is -2.02. The van der Waals surface area contributed by atoms with Crippen LogP contribution >= 0.6 is 0 Å². The van der Waals surface area contributed by atoms with E-state index in [1.807, 2.05) is 49.4 Å². The Kier molecular flexibility index (Phi) is 4.24. The van der Waals surface area contributed by atoms with Crippen LogP contribution in [-0.2, 0) is 6.42 Å². The maximum Gasteiger partial charge on any atom is 0.130 e. The molecule has 3 heteroatoms. The molecule has 2 aromatic carbocycles. The number of rotatable bonds is 5. The van der Waals surface area contributed by atoms with Crippen molar-refractivity contribution in [3.8, 4) is 11.5 Å². The number of fused-ring (bicyclic) bond motifs is 1. The van der Waals surface area contributed by atoms with Crippen molar-refractivity contribution in [1.82, 2.24) is 4.98 Å². The molecule has 3 nitrogen and oxygen atoms in total. The third-order valence-electron chi connectivity index (χ3n) is 3.60. The van der Waals surface area contributed by atoms with Gasteiger partial charge in [-0.1, -0.05) is 30.3 Å². The SMILES string of the molecule is COc1ccc2nc(C)cc(OCCc3ccccc3)c2c1. The van der Waals surface area contributed by atoms with E-state index in [1.54, 1.807) is 7.11 Å². The molecule has 0 radical (unpaired) electrons. The Bertz CT molecular complexity index is 769. The Morgan fingerprint density at radius 2 is 1.82 bits per heavy atom. The highest BCUT2D eigenvalue weighted by molar-refractivity contribution is 5.86. The first-order valence-electron chi connectivity index (χ1n) is 7.38. The largest absolute Gasteiger partial charge is 0.497 e. The highest BCUT2D eigenvalue weighted by atomic mass is 16.5. The summed E-state index contributed by atoms with van der Waals surface area (Å²) in [6.07, 6.45) is 0.883. The van der Waals surface area contributed by atoms with Crippen molar-refractivity contribution in [2.45, 2.75) is 13.3 Å². The van der Waals surface area contributed by atoms with Gasteiger partial charge in [0.05, 0.1) is 19.2 Å². The monoisotopic (exact) mass is 293 g/mol. The zero-order valence-corrected chi connectivity index (χ0v) is 12.9. The highest BCUT2D eigenvalue weighted by Gasteiger charge is 2.07. The lowest BCUT2D eigenvalue weighted by molar-refractivity contribution is 0.325. The average Bonchev–Trinajstić information content (AvgIpc) is 2.55. The molecule has 0 unspecified atom stereocenters. The van der Waals surface area contributed by atoms with Crippen molar-refractivity contribution >= 4 is 10.9 Å². The smallest absolute Gasteiger partial charge is 0.130 e. The van der Waals surface area contributed by atoms with Crippen LogP contribution in [0.4, 0.5) is 0 Å². The molecule has 1 heterocycles. The summed E-state index contributed by atoms with van der Waals surface area (Å²) in [5, 5.41) is 0.984. The van der Waals surface area contributed by atoms with Crippen LogP contribution in [0.1, 0.15) is 11.3 Å². The Morgan fingerprint density at radius 3 is 2.59 bits per heavy atom. The summed E-state index contributed by atoms with van der Waals surface area (Å²) in [6.45, 7) is 2.62. The summed E-state index contributed by atoms with van der Waals surface area (Å²) in [7, 11) is 1.67. The zero-order chi connectivity index (χ0) is 15.4. The van der Waals surface area contributed by atoms with Crippen molar-refractivity contribution in [2.24, 2.45) is 0 Å². The van der Waals surface area contributed by atoms with Crippen molar-refractivity contribution in [3.63, 3.8) is 0 Å². The number of benzene rings is 2. The minimum Gasteiger partial charge on any atom is -0.497 e. The Morgan fingerprint density at radius 1 is 1.00 bits per heavy atom. The van der Waals surface area contributed by atoms with Crippen molar-refractivity contribution in [2.75, 3.05) is 13.7 Å². The van der Waals surface area contributed by atoms with E-state index in [0.29, 0.717) is 6.61 Å². The summed E-state index contributed by atoms with van der Waals surface area (Å²) >= 11 is 0. The standard InChI is InChI=1S/C19H19NO2/c1-14-12-19(22-11-10-15-6-4-3-5-7-15)17-13-16(21-2)8-9-18(17)20-14/h3-9,12-13H,10-11H2,1-2H3. The highest BCUT2D eigenvalue weighted by Crippen LogP contribution is 2.29. The molecule has 0 spiro atoms. The second-order valence-corrected chi connectivity index (χ2v) is 5.23. The van der Waals surface area contributed by atoms with E-state index in [1.165, 1.54) is 5.56 Å². The Labute approximate surface area is 130 Å². The number of nitrogens with zero attached hydrogens (tertiary/aromatic N) is 1. The van der Waals surface area contributed by atoms with Crippen molar-refractivity contribution < 1.29 is 9.47 Å². The van der Waals surface area contributed by atoms with Crippen LogP contribution in [0.3, 0.4) is 0 Å². The predicted molar refractivity (Wildman–Crippen MR) is 88.7 cm³/mol. The fourth-order valence-electron chi connectivity index (χ4n) is 2.47. The molecule has 1 aromatic heterocycles. The van der Waals surface area contributed by atoms with Gasteiger partial charge in [-0.2, -0.15) is 0 Å². The van der Waals surface area contributed by atoms with E-state index >= 15 is 0 Å². The summed E-state index contributed by atoms with van der Waals surface area (Å²) in [6, 6.07) is 18.2. The van der Waals surface area contributed by atoms with E-state index in [0.717, 1.165) is 34.5 Å². The van der Waals surface area contributed by atoms with E-state index in [9.17, 15) is 0 Å². The van der Waals surface area contributed by atoms with Crippen LogP contribution in [0.5, 0.6) is 11.5 Å². The van der Waals surface area contributed by atoms with Gasteiger partial charge in [0.1, 0.15) is 11.5 Å². The molecular formula is C19H19NO2. The molecule has 0 atom stereocenters. The van der Waals surface area contributed by atoms with E-state index in [-0.39, 0.29) is 0 Å². The number of pyridine rings is 1. The first kappa shape index (κ1) is 14.4. The molecule has 22 heavy (non-hydrogen) atoms. The minimum absolute atomic E-state index is 0.639. The molecule has 0 bridgehead atoms. The average molecular weight is 293 g/mol. The first-order valence-corrected chi connectivity index (χ1v) is 7.38. The molecule has 112 valence electrons. The van der Waals surface area contributed by atoms with Gasteiger partial charge in [0, 0.05) is 23.6 Å². The number of ether oxygens (including phenoxy) is 2. The van der Waals surface area contributed by atoms with Crippen molar-refractivity contribution in [3.05, 3.63) is 65.9 Å². The number of aryl methyl sites for hydroxylation is 1. The van der Waals surface area contributed by atoms with Gasteiger partial charge < -0.3 is 9.47 Å². The van der Waals surface area contributed by atoms with Gasteiger partial charge in [-0.25, -0.2) is 0 Å². The van der Waals surface area contributed by atoms with Gasteiger partial charge in [-0.05, 0) is 30.7 Å². The lowest BCUT2D eigenvalue weighted by Gasteiger charge is -2.11. The fourth-order valence-corrected chi connectivity index (χ4v) is 2.47. The van der Waals surface area contributed by atoms with Crippen LogP contribution in [0.25, 0.3) is 10.9 Å². The molecule has 0 amide bonds. The first-order chi connectivity index (χ1) is 10.8. The number of aromatic nitrogens is 1. The lowest BCUT2D eigenvalue weighted by atomic mass is 10.1. The molecule has 0 saturated heterocycles. The summed E-state index contributed by atoms with van der Waals surface area (Å²) in [5.74, 6) is 1.67. The fraction of sp³-hybridized carbons (Fsp3) is 0.211. The van der Waals surface area contributed by atoms with E-state index < -0.39 is 0 Å². The summed E-state index contributed by atoms with van der Waals surface area (Å²) in [5.41, 5.74) is 3.15. The summed E-state index contributed by atoms with van der Waals surface area (Å²) < 4.78 is 11.3. The maximum atomic E-state index is 6.01. The van der Waals surface area contributed by atoms with Gasteiger partial charge in [0.15, 0.2) is 0 Å². The predicted octanol–water partition coefficient (Wildman–Crippen LogP) is 4.17. The molecule has 0 saturated carbocycles. The molecular weight excluding hydrogens is 274 g/mol. The molecule has 0 fully saturated rings. The van der Waals surface area contributed by atoms with Crippen LogP contribution < -0.4 is 9.47 Å². The van der Waals surface area contributed by atoms with Crippen molar-refractivity contribution in [1.29, 1.82) is 0 Å². The second-order valence-electron chi connectivity index (χ2n) is 5.23. The molecule has 0 N–H and O–H groups in total. The van der Waals surface area contributed by atoms with Gasteiger partial charge in [-0.3, -0.25) is 4.98 Å².